The molecule has 1 fully saturated rings. The van der Waals surface area contributed by atoms with Crippen molar-refractivity contribution in [2.75, 3.05) is 14.2 Å². The van der Waals surface area contributed by atoms with E-state index in [1.54, 1.807) is 0 Å². The molecule has 1 saturated heterocycles. The molecule has 1 aliphatic heterocycles. The van der Waals surface area contributed by atoms with Crippen molar-refractivity contribution >= 4 is 5.78 Å². The van der Waals surface area contributed by atoms with Crippen LogP contribution in [0, 0.1) is 0 Å². The zero-order valence-electron chi connectivity index (χ0n) is 21.0. The summed E-state index contributed by atoms with van der Waals surface area (Å²) in [7, 11) is 2.31. The van der Waals surface area contributed by atoms with Crippen LogP contribution in [0.3, 0.4) is 0 Å². The van der Waals surface area contributed by atoms with E-state index in [2.05, 4.69) is 0 Å². The summed E-state index contributed by atoms with van der Waals surface area (Å²) in [6.45, 7) is -1.03. The quantitative estimate of drug-likeness (QED) is 0.145. The number of Topliss-reactive ketones (excluding diaryl/α,β-unsaturated/α-hetero) is 1. The predicted octanol–water partition coefficient (Wildman–Crippen LogP) is -4.96. The van der Waals surface area contributed by atoms with Gasteiger partial charge in [0.25, 0.3) is 23.4 Å². The zero-order valence-corrected chi connectivity index (χ0v) is 21.0. The molecule has 16 heteroatoms. The van der Waals surface area contributed by atoms with Crippen LogP contribution in [0.15, 0.2) is 42.5 Å². The van der Waals surface area contributed by atoms with Crippen LogP contribution in [0.1, 0.15) is 27.9 Å². The zero-order chi connectivity index (χ0) is 30.3. The molecule has 16 nitrogen and oxygen atoms in total. The van der Waals surface area contributed by atoms with Gasteiger partial charge in [-0.25, -0.2) is 0 Å². The Morgan fingerprint density at radius 1 is 0.725 bits per heavy atom. The molecule has 1 aliphatic carbocycles. The number of methoxy groups -OCH3 is 2. The number of nitrogens with zero attached hydrogens (tertiary/aromatic N) is 1. The lowest BCUT2D eigenvalue weighted by molar-refractivity contribution is -0.599. The summed E-state index contributed by atoms with van der Waals surface area (Å²) in [6, 6.07) is 8.70. The minimum Gasteiger partial charge on any atom is -0.493 e. The van der Waals surface area contributed by atoms with Crippen LogP contribution in [0.4, 0.5) is 0 Å². The fourth-order valence-corrected chi connectivity index (χ4v) is 5.16. The number of hydrogen-bond acceptors (Lipinski definition) is 16. The van der Waals surface area contributed by atoms with Crippen molar-refractivity contribution in [3.05, 3.63) is 59.2 Å². The normalized spacial score (nSPS) is 27.2. The third kappa shape index (κ3) is 3.51. The van der Waals surface area contributed by atoms with E-state index < -0.39 is 75.2 Å². The number of ether oxygens (including phenoxy) is 2. The van der Waals surface area contributed by atoms with Crippen molar-refractivity contribution in [3.8, 4) is 11.5 Å². The first-order chi connectivity index (χ1) is 18.2. The molecular formula is C24H29NO15. The van der Waals surface area contributed by atoms with Crippen LogP contribution in [0.2, 0.25) is 0 Å². The molecule has 4 rings (SSSR count). The van der Waals surface area contributed by atoms with E-state index >= 15 is 0 Å². The molecule has 1 atom stereocenters. The minimum absolute atomic E-state index is 0.0344. The Labute approximate surface area is 225 Å². The minimum atomic E-state index is -4.68. The highest BCUT2D eigenvalue weighted by Gasteiger charge is 2.86. The standard InChI is InChI=1S/C24H29NO15/c1-39-15-8-13-14(9-16(15)40-2)20(29,30)18(27,17(13)26)11-19(28)21(31,32)23(35,36)25(24(37,38)22(19,33)34)10-12-6-4-3-5-7-12/h3-9,27-38H,10-11H2,1-2H3. The van der Waals surface area contributed by atoms with E-state index in [0.29, 0.717) is 0 Å². The molecule has 0 bridgehead atoms. The van der Waals surface area contributed by atoms with Gasteiger partial charge in [0, 0.05) is 24.1 Å². The van der Waals surface area contributed by atoms with Crippen molar-refractivity contribution in [2.24, 2.45) is 0 Å². The first-order valence-electron chi connectivity index (χ1n) is 11.5. The van der Waals surface area contributed by atoms with E-state index in [4.69, 9.17) is 9.47 Å². The lowest BCUT2D eigenvalue weighted by Gasteiger charge is -2.63. The summed E-state index contributed by atoms with van der Waals surface area (Å²) >= 11 is 0. The Morgan fingerprint density at radius 2 is 1.20 bits per heavy atom. The van der Waals surface area contributed by atoms with Crippen molar-refractivity contribution in [3.63, 3.8) is 0 Å². The Bertz CT molecular complexity index is 1300. The smallest absolute Gasteiger partial charge is 0.289 e. The molecule has 12 N–H and O–H groups in total. The van der Waals surface area contributed by atoms with E-state index in [0.717, 1.165) is 26.4 Å². The van der Waals surface area contributed by atoms with Gasteiger partial charge in [-0.05, 0) is 17.7 Å². The third-order valence-corrected chi connectivity index (χ3v) is 7.63. The molecule has 2 aromatic carbocycles. The van der Waals surface area contributed by atoms with Gasteiger partial charge in [-0.3, -0.25) is 4.79 Å². The van der Waals surface area contributed by atoms with Crippen LogP contribution in [-0.2, 0) is 12.3 Å². The van der Waals surface area contributed by atoms with E-state index in [1.165, 1.54) is 30.3 Å². The van der Waals surface area contributed by atoms with Crippen LogP contribution in [0.25, 0.3) is 0 Å². The number of rotatable bonds is 6. The molecule has 2 aliphatic rings. The largest absolute Gasteiger partial charge is 0.493 e. The molecule has 2 aromatic rings. The SMILES string of the molecule is COc1cc2c(cc1OC)C(O)(O)C(O)(CC1(O)C(O)(O)C(O)(O)N(Cc3ccccc3)C(O)(O)C1(O)O)C2=O. The molecule has 0 saturated carbocycles. The molecule has 220 valence electrons. The average Bonchev–Trinajstić information content (AvgIpc) is 3.02. The van der Waals surface area contributed by atoms with Gasteiger partial charge in [0.15, 0.2) is 22.7 Å². The van der Waals surface area contributed by atoms with E-state index in [9.17, 15) is 66.1 Å². The number of carbonyl (C=O) groups is 1. The number of aliphatic hydroxyl groups is 12. The lowest BCUT2D eigenvalue weighted by atomic mass is 9.67. The number of carbonyl (C=O) groups excluding carboxylic acids is 1. The predicted molar refractivity (Wildman–Crippen MR) is 125 cm³/mol. The highest BCUT2D eigenvalue weighted by atomic mass is 16.7. The Kier molecular flexibility index (Phi) is 6.67. The van der Waals surface area contributed by atoms with Gasteiger partial charge in [-0.15, -0.1) is 0 Å². The summed E-state index contributed by atoms with van der Waals surface area (Å²) in [4.78, 5) is 12.9. The first kappa shape index (κ1) is 30.2. The van der Waals surface area contributed by atoms with Crippen molar-refractivity contribution < 1.29 is 75.5 Å². The van der Waals surface area contributed by atoms with Crippen LogP contribution < -0.4 is 9.47 Å². The molecule has 1 heterocycles. The monoisotopic (exact) mass is 571 g/mol. The maximum Gasteiger partial charge on any atom is 0.289 e. The number of piperidine rings is 1. The first-order valence-corrected chi connectivity index (χ1v) is 11.5. The van der Waals surface area contributed by atoms with Crippen molar-refractivity contribution in [1.29, 1.82) is 0 Å². The topological polar surface area (TPSA) is 282 Å². The highest BCUT2D eigenvalue weighted by molar-refractivity contribution is 6.08. The Morgan fingerprint density at radius 3 is 1.68 bits per heavy atom. The molecule has 0 amide bonds. The lowest BCUT2D eigenvalue weighted by Crippen LogP contribution is -2.93. The van der Waals surface area contributed by atoms with Gasteiger partial charge in [0.2, 0.25) is 11.6 Å². The molecule has 1 unspecified atom stereocenters. The number of likely N-dealkylation sites (tertiary alicyclic amines) is 1. The van der Waals surface area contributed by atoms with Gasteiger partial charge >= 0.3 is 0 Å². The summed E-state index contributed by atoms with van der Waals surface area (Å²) in [5.74, 6) is -23.9. The van der Waals surface area contributed by atoms with Gasteiger partial charge < -0.3 is 70.8 Å². The third-order valence-electron chi connectivity index (χ3n) is 7.63. The summed E-state index contributed by atoms with van der Waals surface area (Å²) in [5, 5.41) is 131. The Hall–Kier alpha value is -2.81. The van der Waals surface area contributed by atoms with Gasteiger partial charge in [-0.1, -0.05) is 30.3 Å². The maximum absolute atomic E-state index is 13.3. The average molecular weight is 571 g/mol. The summed E-state index contributed by atoms with van der Waals surface area (Å²) < 4.78 is 10.1. The van der Waals surface area contributed by atoms with Crippen LogP contribution in [-0.4, -0.2) is 121 Å². The number of hydrogen-bond donors (Lipinski definition) is 12. The van der Waals surface area contributed by atoms with Gasteiger partial charge in [-0.2, -0.15) is 4.90 Å². The Balaban J connectivity index is 1.87. The molecule has 0 aromatic heterocycles. The fraction of sp³-hybridized carbons (Fsp3) is 0.458. The second-order valence-corrected chi connectivity index (χ2v) is 9.84. The number of ketones is 1. The van der Waals surface area contributed by atoms with E-state index in [-0.39, 0.29) is 17.1 Å². The van der Waals surface area contributed by atoms with Crippen LogP contribution in [0.5, 0.6) is 11.5 Å². The van der Waals surface area contributed by atoms with E-state index in [1.807, 2.05) is 0 Å². The fourth-order valence-electron chi connectivity index (χ4n) is 5.16. The van der Waals surface area contributed by atoms with Gasteiger partial charge in [0.1, 0.15) is 0 Å². The summed E-state index contributed by atoms with van der Waals surface area (Å²) in [5.41, 5.74) is -9.78. The maximum atomic E-state index is 13.3. The van der Waals surface area contributed by atoms with Crippen LogP contribution >= 0.6 is 0 Å². The second-order valence-electron chi connectivity index (χ2n) is 9.84. The number of benzene rings is 2. The van der Waals surface area contributed by atoms with Gasteiger partial charge in [0.05, 0.1) is 14.2 Å². The van der Waals surface area contributed by atoms with Crippen molar-refractivity contribution in [1.82, 2.24) is 4.90 Å². The molecule has 0 spiro atoms. The second kappa shape index (κ2) is 8.84. The highest BCUT2D eigenvalue weighted by Crippen LogP contribution is 2.57. The summed E-state index contributed by atoms with van der Waals surface area (Å²) in [6.07, 6.45) is -2.25. The molecular weight excluding hydrogens is 542 g/mol. The molecule has 0 radical (unpaired) electrons. The van der Waals surface area contributed by atoms with Crippen molar-refractivity contribution in [2.45, 2.75) is 53.4 Å². The molecule has 40 heavy (non-hydrogen) atoms. The number of fused-ring (bicyclic) bond motifs is 1.